The summed E-state index contributed by atoms with van der Waals surface area (Å²) in [6, 6.07) is 2.05. The zero-order valence-corrected chi connectivity index (χ0v) is 22.8. The van der Waals surface area contributed by atoms with Crippen LogP contribution in [0.1, 0.15) is 59.3 Å². The first-order chi connectivity index (χ1) is 18.6. The number of carbonyl (C=O) groups excluding carboxylic acids is 2. The Bertz CT molecular complexity index is 1080. The summed E-state index contributed by atoms with van der Waals surface area (Å²) in [6.45, 7) is 1.86. The average molecular weight is 576 g/mol. The van der Waals surface area contributed by atoms with Gasteiger partial charge in [-0.3, -0.25) is 15.0 Å². The molecule has 2 atom stereocenters. The molecule has 6 N–H and O–H groups in total. The van der Waals surface area contributed by atoms with Crippen molar-refractivity contribution in [2.24, 2.45) is 5.73 Å². The van der Waals surface area contributed by atoms with Crippen LogP contribution in [-0.4, -0.2) is 69.8 Å². The standard InChI is InChI=1S/C25H36F3N5O5S/c1-15(34)12-33(13-16(2)35)8-4-3-7-30-25(37)31-24-21(22(29)36)23(32-39-24)38-14-20-18(10-27)6-5-17(9-26)19(20)11-28/h5-6,15-16,34-35H,3-4,7-14H2,1-2H3,(H2,29,36)(H2,30,31,37). The second-order valence-corrected chi connectivity index (χ2v) is 9.91. The first-order valence-corrected chi connectivity index (χ1v) is 13.2. The number of aliphatic hydroxyl groups is 2. The van der Waals surface area contributed by atoms with E-state index in [2.05, 4.69) is 15.0 Å². The Hall–Kier alpha value is -2.94. The second kappa shape index (κ2) is 16.2. The molecule has 1 aromatic carbocycles. The quantitative estimate of drug-likeness (QED) is 0.182. The minimum absolute atomic E-state index is 0.0268. The van der Waals surface area contributed by atoms with Crippen LogP contribution < -0.4 is 21.1 Å². The molecular formula is C25H36F3N5O5S. The van der Waals surface area contributed by atoms with E-state index in [0.29, 0.717) is 39.0 Å². The van der Waals surface area contributed by atoms with Gasteiger partial charge in [0.25, 0.3) is 5.91 Å². The highest BCUT2D eigenvalue weighted by Crippen LogP contribution is 2.32. The molecule has 0 aliphatic rings. The van der Waals surface area contributed by atoms with Gasteiger partial charge in [0.15, 0.2) is 0 Å². The molecule has 39 heavy (non-hydrogen) atoms. The Morgan fingerprint density at radius 1 is 1.05 bits per heavy atom. The summed E-state index contributed by atoms with van der Waals surface area (Å²) < 4.78 is 49.9. The number of hydrogen-bond acceptors (Lipinski definition) is 8. The number of unbranched alkanes of at least 4 members (excludes halogenated alkanes) is 1. The number of halogens is 3. The summed E-state index contributed by atoms with van der Waals surface area (Å²) >= 11 is 0.744. The molecule has 0 saturated carbocycles. The van der Waals surface area contributed by atoms with Crippen molar-refractivity contribution in [2.75, 3.05) is 31.5 Å². The molecule has 10 nitrogen and oxygen atoms in total. The SMILES string of the molecule is CC(O)CN(CCCCNC(=O)Nc1snc(OCc2c(CF)ccc(CF)c2CF)c1C(N)=O)CC(C)O. The van der Waals surface area contributed by atoms with Crippen LogP contribution in [-0.2, 0) is 26.6 Å². The van der Waals surface area contributed by atoms with Gasteiger partial charge in [-0.1, -0.05) is 12.1 Å². The number of primary amides is 1. The van der Waals surface area contributed by atoms with E-state index in [1.165, 1.54) is 12.1 Å². The molecule has 0 saturated heterocycles. The molecule has 0 aliphatic carbocycles. The van der Waals surface area contributed by atoms with Crippen LogP contribution >= 0.6 is 11.5 Å². The topological polar surface area (TPSA) is 150 Å². The fourth-order valence-corrected chi connectivity index (χ4v) is 4.75. The third kappa shape index (κ3) is 9.95. The van der Waals surface area contributed by atoms with Gasteiger partial charge in [-0.2, -0.15) is 4.37 Å². The van der Waals surface area contributed by atoms with E-state index < -0.39 is 44.2 Å². The fourth-order valence-electron chi connectivity index (χ4n) is 4.02. The number of rotatable bonds is 17. The number of hydrogen-bond donors (Lipinski definition) is 5. The first-order valence-electron chi connectivity index (χ1n) is 12.5. The van der Waals surface area contributed by atoms with E-state index in [0.717, 1.165) is 11.5 Å². The van der Waals surface area contributed by atoms with Crippen molar-refractivity contribution in [1.82, 2.24) is 14.6 Å². The van der Waals surface area contributed by atoms with Gasteiger partial charge < -0.3 is 26.0 Å². The van der Waals surface area contributed by atoms with Crippen molar-refractivity contribution in [1.29, 1.82) is 0 Å². The van der Waals surface area contributed by atoms with Crippen molar-refractivity contribution in [3.8, 4) is 5.88 Å². The number of aliphatic hydroxyl groups excluding tert-OH is 2. The number of amides is 3. The van der Waals surface area contributed by atoms with Gasteiger partial charge >= 0.3 is 6.03 Å². The third-order valence-electron chi connectivity index (χ3n) is 5.77. The lowest BCUT2D eigenvalue weighted by Crippen LogP contribution is -2.37. The molecule has 3 amide bonds. The average Bonchev–Trinajstić information content (AvgIpc) is 3.27. The van der Waals surface area contributed by atoms with Crippen molar-refractivity contribution < 1.29 is 37.7 Å². The summed E-state index contributed by atoms with van der Waals surface area (Å²) in [4.78, 5) is 26.4. The smallest absolute Gasteiger partial charge is 0.319 e. The van der Waals surface area contributed by atoms with Crippen LogP contribution in [0.4, 0.5) is 23.0 Å². The molecule has 0 radical (unpaired) electrons. The number of anilines is 1. The summed E-state index contributed by atoms with van der Waals surface area (Å²) in [7, 11) is 0. The predicted molar refractivity (Wildman–Crippen MR) is 142 cm³/mol. The van der Waals surface area contributed by atoms with Gasteiger partial charge in [-0.05, 0) is 61.5 Å². The number of nitrogens with two attached hydrogens (primary N) is 1. The molecule has 218 valence electrons. The van der Waals surface area contributed by atoms with E-state index in [1.54, 1.807) is 13.8 Å². The fraction of sp³-hybridized carbons (Fsp3) is 0.560. The van der Waals surface area contributed by atoms with Crippen LogP contribution in [0, 0.1) is 0 Å². The van der Waals surface area contributed by atoms with Crippen LogP contribution in [0.3, 0.4) is 0 Å². The first kappa shape index (κ1) is 32.3. The number of aromatic nitrogens is 1. The Balaban J connectivity index is 1.97. The Kier molecular flexibility index (Phi) is 13.4. The van der Waals surface area contributed by atoms with Crippen LogP contribution in [0.25, 0.3) is 0 Å². The molecule has 0 fully saturated rings. The van der Waals surface area contributed by atoms with Crippen LogP contribution in [0.2, 0.25) is 0 Å². The van der Waals surface area contributed by atoms with Gasteiger partial charge in [-0.25, -0.2) is 18.0 Å². The third-order valence-corrected chi connectivity index (χ3v) is 6.51. The Morgan fingerprint density at radius 2 is 1.67 bits per heavy atom. The molecule has 0 bridgehead atoms. The lowest BCUT2D eigenvalue weighted by molar-refractivity contribution is 0.0826. The number of nitrogens with one attached hydrogen (secondary N) is 2. The Labute approximate surface area is 229 Å². The number of benzene rings is 1. The maximum Gasteiger partial charge on any atom is 0.319 e. The minimum Gasteiger partial charge on any atom is -0.472 e. The van der Waals surface area contributed by atoms with Crippen molar-refractivity contribution in [2.45, 2.75) is 65.5 Å². The van der Waals surface area contributed by atoms with Crippen molar-refractivity contribution >= 4 is 28.5 Å². The van der Waals surface area contributed by atoms with E-state index in [9.17, 15) is 33.0 Å². The number of urea groups is 1. The number of alkyl halides is 3. The molecule has 0 spiro atoms. The zero-order chi connectivity index (χ0) is 28.9. The molecule has 1 aromatic heterocycles. The second-order valence-electron chi connectivity index (χ2n) is 9.13. The maximum atomic E-state index is 13.6. The molecule has 2 rings (SSSR count). The van der Waals surface area contributed by atoms with Gasteiger partial charge in [0.1, 0.15) is 37.2 Å². The monoisotopic (exact) mass is 575 g/mol. The zero-order valence-electron chi connectivity index (χ0n) is 22.0. The van der Waals surface area contributed by atoms with Crippen LogP contribution in [0.5, 0.6) is 5.88 Å². The number of ether oxygens (including phenoxy) is 1. The molecular weight excluding hydrogens is 539 g/mol. The number of nitrogens with zero attached hydrogens (tertiary/aromatic N) is 2. The largest absolute Gasteiger partial charge is 0.472 e. The molecule has 2 aromatic rings. The lowest BCUT2D eigenvalue weighted by Gasteiger charge is -2.24. The van der Waals surface area contributed by atoms with Gasteiger partial charge in [0.05, 0.1) is 12.2 Å². The predicted octanol–water partition coefficient (Wildman–Crippen LogP) is 3.19. The summed E-state index contributed by atoms with van der Waals surface area (Å²) in [5, 5.41) is 24.4. The minimum atomic E-state index is -1.03. The van der Waals surface area contributed by atoms with Crippen molar-refractivity contribution in [3.05, 3.63) is 39.9 Å². The highest BCUT2D eigenvalue weighted by molar-refractivity contribution is 7.11. The maximum absolute atomic E-state index is 13.6. The summed E-state index contributed by atoms with van der Waals surface area (Å²) in [5.74, 6) is -1.15. The van der Waals surface area contributed by atoms with Gasteiger partial charge in [0, 0.05) is 25.2 Å². The molecule has 2 unspecified atom stereocenters. The number of carbonyl (C=O) groups is 2. The Morgan fingerprint density at radius 3 is 2.21 bits per heavy atom. The summed E-state index contributed by atoms with van der Waals surface area (Å²) in [6.07, 6.45) is 0.264. The van der Waals surface area contributed by atoms with Crippen LogP contribution in [0.15, 0.2) is 12.1 Å². The molecule has 1 heterocycles. The lowest BCUT2D eigenvalue weighted by atomic mass is 9.98. The van der Waals surface area contributed by atoms with E-state index >= 15 is 0 Å². The van der Waals surface area contributed by atoms with Crippen molar-refractivity contribution in [3.63, 3.8) is 0 Å². The highest BCUT2D eigenvalue weighted by atomic mass is 32.1. The highest BCUT2D eigenvalue weighted by Gasteiger charge is 2.23. The van der Waals surface area contributed by atoms with E-state index in [1.807, 2.05) is 4.90 Å². The normalized spacial score (nSPS) is 12.8. The van der Waals surface area contributed by atoms with Gasteiger partial charge in [0.2, 0.25) is 5.88 Å². The van der Waals surface area contributed by atoms with E-state index in [4.69, 9.17) is 10.5 Å². The van der Waals surface area contributed by atoms with E-state index in [-0.39, 0.29) is 45.3 Å². The summed E-state index contributed by atoms with van der Waals surface area (Å²) in [5.41, 5.74) is 5.54. The molecule has 0 aliphatic heterocycles. The van der Waals surface area contributed by atoms with Gasteiger partial charge in [-0.15, -0.1) is 0 Å². The molecule has 14 heteroatoms.